The normalized spacial score (nSPS) is 10.1. The van der Waals surface area contributed by atoms with Gasteiger partial charge in [0, 0.05) is 6.07 Å². The third-order valence-electron chi connectivity index (χ3n) is 2.48. The van der Waals surface area contributed by atoms with E-state index in [1.165, 1.54) is 0 Å². The molecule has 0 bridgehead atoms. The molecule has 4 heteroatoms. The number of hydrogen-bond acceptors (Lipinski definition) is 3. The lowest BCUT2D eigenvalue weighted by atomic mass is 10.2. The maximum Gasteiger partial charge on any atom is 0.117 e. The molecule has 0 spiro atoms. The summed E-state index contributed by atoms with van der Waals surface area (Å²) in [5.74, 6) is 0.184. The van der Waals surface area contributed by atoms with Gasteiger partial charge >= 0.3 is 0 Å². The first-order chi connectivity index (χ1) is 7.63. The summed E-state index contributed by atoms with van der Waals surface area (Å²) in [5, 5.41) is 22.6. The van der Waals surface area contributed by atoms with E-state index in [4.69, 9.17) is 5.26 Å². The molecule has 1 aromatic heterocycles. The highest BCUT2D eigenvalue weighted by molar-refractivity contribution is 5.44. The van der Waals surface area contributed by atoms with Gasteiger partial charge in [0.1, 0.15) is 11.8 Å². The molecule has 0 amide bonds. The van der Waals surface area contributed by atoms with Crippen molar-refractivity contribution in [1.82, 2.24) is 9.78 Å². The lowest BCUT2D eigenvalue weighted by molar-refractivity contribution is 0.474. The van der Waals surface area contributed by atoms with E-state index in [1.54, 1.807) is 29.8 Å². The van der Waals surface area contributed by atoms with Gasteiger partial charge in [-0.3, -0.25) is 0 Å². The van der Waals surface area contributed by atoms with Crippen molar-refractivity contribution in [2.24, 2.45) is 0 Å². The third-order valence-corrected chi connectivity index (χ3v) is 2.48. The van der Waals surface area contributed by atoms with Gasteiger partial charge in [-0.1, -0.05) is 6.07 Å². The Morgan fingerprint density at radius 3 is 2.69 bits per heavy atom. The minimum atomic E-state index is 0.184. The smallest absolute Gasteiger partial charge is 0.117 e. The number of rotatable bonds is 1. The zero-order valence-electron chi connectivity index (χ0n) is 9.10. The van der Waals surface area contributed by atoms with Gasteiger partial charge in [0.15, 0.2) is 0 Å². The summed E-state index contributed by atoms with van der Waals surface area (Å²) in [6.45, 7) is 3.63. The molecule has 80 valence electrons. The Bertz CT molecular complexity index is 578. The molecule has 0 saturated carbocycles. The number of nitrogens with zero attached hydrogens (tertiary/aromatic N) is 3. The van der Waals surface area contributed by atoms with Crippen LogP contribution >= 0.6 is 0 Å². The predicted molar refractivity (Wildman–Crippen MR) is 59.4 cm³/mol. The second kappa shape index (κ2) is 3.70. The van der Waals surface area contributed by atoms with Crippen LogP contribution in [0.25, 0.3) is 5.69 Å². The molecule has 0 aliphatic carbocycles. The molecule has 4 nitrogen and oxygen atoms in total. The topological polar surface area (TPSA) is 61.8 Å². The van der Waals surface area contributed by atoms with E-state index >= 15 is 0 Å². The SMILES string of the molecule is Cc1nn(-c2cccc(O)c2)c(C)c1C#N. The average Bonchev–Trinajstić information content (AvgIpc) is 2.54. The van der Waals surface area contributed by atoms with Gasteiger partial charge < -0.3 is 5.11 Å². The monoisotopic (exact) mass is 213 g/mol. The fourth-order valence-electron chi connectivity index (χ4n) is 1.68. The van der Waals surface area contributed by atoms with Gasteiger partial charge in [-0.25, -0.2) is 4.68 Å². The van der Waals surface area contributed by atoms with Crippen molar-refractivity contribution in [3.05, 3.63) is 41.2 Å². The molecule has 2 aromatic rings. The van der Waals surface area contributed by atoms with Crippen LogP contribution in [0.15, 0.2) is 24.3 Å². The van der Waals surface area contributed by atoms with E-state index in [-0.39, 0.29) is 5.75 Å². The van der Waals surface area contributed by atoms with Crippen molar-refractivity contribution in [2.75, 3.05) is 0 Å². The minimum Gasteiger partial charge on any atom is -0.508 e. The molecular weight excluding hydrogens is 202 g/mol. The zero-order chi connectivity index (χ0) is 11.7. The second-order valence-corrected chi connectivity index (χ2v) is 3.59. The highest BCUT2D eigenvalue weighted by Crippen LogP contribution is 2.19. The Labute approximate surface area is 93.4 Å². The number of hydrogen-bond donors (Lipinski definition) is 1. The van der Waals surface area contributed by atoms with Gasteiger partial charge in [0.05, 0.1) is 22.6 Å². The van der Waals surface area contributed by atoms with E-state index in [1.807, 2.05) is 13.0 Å². The van der Waals surface area contributed by atoms with Crippen molar-refractivity contribution < 1.29 is 5.11 Å². The van der Waals surface area contributed by atoms with E-state index < -0.39 is 0 Å². The van der Waals surface area contributed by atoms with Crippen LogP contribution in [0.4, 0.5) is 0 Å². The van der Waals surface area contributed by atoms with Crippen molar-refractivity contribution >= 4 is 0 Å². The van der Waals surface area contributed by atoms with Crippen LogP contribution < -0.4 is 0 Å². The summed E-state index contributed by atoms with van der Waals surface area (Å²) >= 11 is 0. The maximum atomic E-state index is 9.39. The van der Waals surface area contributed by atoms with Gasteiger partial charge in [-0.05, 0) is 26.0 Å². The standard InChI is InChI=1S/C12H11N3O/c1-8-12(7-13)9(2)15(14-8)10-4-3-5-11(16)6-10/h3-6,16H,1-2H3. The van der Waals surface area contributed by atoms with Gasteiger partial charge in [0.25, 0.3) is 0 Å². The molecule has 16 heavy (non-hydrogen) atoms. The van der Waals surface area contributed by atoms with Crippen LogP contribution in [0.3, 0.4) is 0 Å². The number of aromatic nitrogens is 2. The van der Waals surface area contributed by atoms with Crippen LogP contribution in [0.5, 0.6) is 5.75 Å². The molecular formula is C12H11N3O. The summed E-state index contributed by atoms with van der Waals surface area (Å²) < 4.78 is 1.66. The first kappa shape index (κ1) is 10.2. The molecule has 0 atom stereocenters. The Balaban J connectivity index is 2.62. The summed E-state index contributed by atoms with van der Waals surface area (Å²) in [4.78, 5) is 0. The van der Waals surface area contributed by atoms with Gasteiger partial charge in [-0.2, -0.15) is 10.4 Å². The van der Waals surface area contributed by atoms with Crippen molar-refractivity contribution in [2.45, 2.75) is 13.8 Å². The summed E-state index contributed by atoms with van der Waals surface area (Å²) in [6.07, 6.45) is 0. The van der Waals surface area contributed by atoms with E-state index in [0.29, 0.717) is 11.3 Å². The van der Waals surface area contributed by atoms with Crippen molar-refractivity contribution in [1.29, 1.82) is 5.26 Å². The molecule has 0 radical (unpaired) electrons. The number of phenols is 1. The Morgan fingerprint density at radius 2 is 2.12 bits per heavy atom. The number of aromatic hydroxyl groups is 1. The fourth-order valence-corrected chi connectivity index (χ4v) is 1.68. The molecule has 1 N–H and O–H groups in total. The van der Waals surface area contributed by atoms with Crippen molar-refractivity contribution in [3.63, 3.8) is 0 Å². The van der Waals surface area contributed by atoms with Crippen molar-refractivity contribution in [3.8, 4) is 17.5 Å². The largest absolute Gasteiger partial charge is 0.508 e. The first-order valence-electron chi connectivity index (χ1n) is 4.89. The fraction of sp³-hybridized carbons (Fsp3) is 0.167. The molecule has 0 unspecified atom stereocenters. The quantitative estimate of drug-likeness (QED) is 0.788. The van der Waals surface area contributed by atoms with E-state index in [0.717, 1.165) is 11.4 Å². The van der Waals surface area contributed by atoms with Gasteiger partial charge in [0.2, 0.25) is 0 Å². The number of aryl methyl sites for hydroxylation is 1. The van der Waals surface area contributed by atoms with Crippen LogP contribution in [0.2, 0.25) is 0 Å². The summed E-state index contributed by atoms with van der Waals surface area (Å²) in [7, 11) is 0. The second-order valence-electron chi connectivity index (χ2n) is 3.59. The maximum absolute atomic E-state index is 9.39. The van der Waals surface area contributed by atoms with Crippen LogP contribution in [-0.4, -0.2) is 14.9 Å². The lowest BCUT2D eigenvalue weighted by Crippen LogP contribution is -1.98. The molecule has 0 saturated heterocycles. The average molecular weight is 213 g/mol. The molecule has 1 aromatic carbocycles. The first-order valence-corrected chi connectivity index (χ1v) is 4.89. The number of benzene rings is 1. The minimum absolute atomic E-state index is 0.184. The Hall–Kier alpha value is -2.28. The highest BCUT2D eigenvalue weighted by Gasteiger charge is 2.11. The Morgan fingerprint density at radius 1 is 1.38 bits per heavy atom. The Kier molecular flexibility index (Phi) is 2.37. The number of phenolic OH excluding ortho intramolecular Hbond substituents is 1. The van der Waals surface area contributed by atoms with Gasteiger partial charge in [-0.15, -0.1) is 0 Å². The highest BCUT2D eigenvalue weighted by atomic mass is 16.3. The number of nitriles is 1. The van der Waals surface area contributed by atoms with Crippen LogP contribution in [0, 0.1) is 25.2 Å². The molecule has 2 rings (SSSR count). The van der Waals surface area contributed by atoms with E-state index in [2.05, 4.69) is 11.2 Å². The summed E-state index contributed by atoms with van der Waals surface area (Å²) in [5.41, 5.74) is 2.82. The van der Waals surface area contributed by atoms with E-state index in [9.17, 15) is 5.11 Å². The lowest BCUT2D eigenvalue weighted by Gasteiger charge is -2.04. The molecule has 1 heterocycles. The molecule has 0 fully saturated rings. The van der Waals surface area contributed by atoms with Crippen LogP contribution in [-0.2, 0) is 0 Å². The summed E-state index contributed by atoms with van der Waals surface area (Å²) in [6, 6.07) is 8.91. The van der Waals surface area contributed by atoms with Crippen LogP contribution in [0.1, 0.15) is 17.0 Å². The molecule has 0 aliphatic rings. The molecule has 0 aliphatic heterocycles. The zero-order valence-corrected chi connectivity index (χ0v) is 9.10. The third kappa shape index (κ3) is 1.52. The predicted octanol–water partition coefficient (Wildman–Crippen LogP) is 2.07.